The molecule has 0 N–H and O–H groups in total. The number of carbonyl (C=O) groups is 1. The van der Waals surface area contributed by atoms with Gasteiger partial charge in [-0.05, 0) is 74.0 Å². The monoisotopic (exact) mass is 480 g/mol. The van der Waals surface area contributed by atoms with Crippen LogP contribution in [-0.2, 0) is 6.54 Å². The van der Waals surface area contributed by atoms with E-state index in [1.165, 1.54) is 11.1 Å². The molecule has 3 nitrogen and oxygen atoms in total. The molecule has 1 aliphatic rings. The van der Waals surface area contributed by atoms with Crippen LogP contribution in [0.3, 0.4) is 0 Å². The molecule has 1 aliphatic heterocycles. The Bertz CT molecular complexity index is 1530. The summed E-state index contributed by atoms with van der Waals surface area (Å²) >= 11 is 0. The van der Waals surface area contributed by atoms with E-state index < -0.39 is 0 Å². The molecule has 0 spiro atoms. The number of fused-ring (bicyclic) bond motifs is 2. The van der Waals surface area contributed by atoms with E-state index in [1.54, 1.807) is 0 Å². The standard InChI is InChI=1S/C34H28N2O/c1-24-12-16-28(17-13-24)36(29-18-14-25(2)15-19-29)30-20-21-33-32(22-30)34(37)31-11-7-6-8-26(31)23-35(33)27-9-4-3-5-10-27/h3-22H,23H2,1-2H3. The molecule has 0 amide bonds. The van der Waals surface area contributed by atoms with Gasteiger partial charge in [-0.1, -0.05) is 77.9 Å². The number of nitrogens with zero attached hydrogens (tertiary/aromatic N) is 2. The van der Waals surface area contributed by atoms with Crippen LogP contribution in [0.5, 0.6) is 0 Å². The van der Waals surface area contributed by atoms with Crippen LogP contribution < -0.4 is 9.80 Å². The summed E-state index contributed by atoms with van der Waals surface area (Å²) in [6, 6.07) is 41.5. The van der Waals surface area contributed by atoms with Crippen molar-refractivity contribution in [3.05, 3.63) is 149 Å². The Hall–Kier alpha value is -4.63. The third kappa shape index (κ3) is 4.30. The summed E-state index contributed by atoms with van der Waals surface area (Å²) in [5, 5.41) is 0. The maximum absolute atomic E-state index is 14.0. The first-order valence-electron chi connectivity index (χ1n) is 12.6. The van der Waals surface area contributed by atoms with Crippen LogP contribution in [0.4, 0.5) is 28.4 Å². The quantitative estimate of drug-likeness (QED) is 0.257. The zero-order valence-corrected chi connectivity index (χ0v) is 21.1. The molecule has 5 aromatic carbocycles. The first-order valence-corrected chi connectivity index (χ1v) is 12.6. The number of para-hydroxylation sites is 1. The minimum Gasteiger partial charge on any atom is -0.336 e. The van der Waals surface area contributed by atoms with Crippen LogP contribution in [0.1, 0.15) is 32.6 Å². The van der Waals surface area contributed by atoms with E-state index in [9.17, 15) is 4.79 Å². The number of hydrogen-bond acceptors (Lipinski definition) is 3. The van der Waals surface area contributed by atoms with Crippen molar-refractivity contribution >= 4 is 34.2 Å². The van der Waals surface area contributed by atoms with Crippen molar-refractivity contribution in [2.75, 3.05) is 9.80 Å². The molecule has 37 heavy (non-hydrogen) atoms. The number of aryl methyl sites for hydroxylation is 2. The molecule has 0 atom stereocenters. The van der Waals surface area contributed by atoms with E-state index in [0.29, 0.717) is 12.1 Å². The second kappa shape index (κ2) is 9.44. The molecular formula is C34H28N2O. The van der Waals surface area contributed by atoms with Crippen LogP contribution in [0, 0.1) is 13.8 Å². The highest BCUT2D eigenvalue weighted by Crippen LogP contribution is 2.41. The van der Waals surface area contributed by atoms with E-state index in [4.69, 9.17) is 0 Å². The zero-order chi connectivity index (χ0) is 25.4. The molecule has 0 unspecified atom stereocenters. The van der Waals surface area contributed by atoms with Gasteiger partial charge in [0.2, 0.25) is 0 Å². The van der Waals surface area contributed by atoms with Gasteiger partial charge in [-0.15, -0.1) is 0 Å². The zero-order valence-electron chi connectivity index (χ0n) is 21.1. The SMILES string of the molecule is Cc1ccc(N(c2ccc(C)cc2)c2ccc3c(c2)C(=O)c2ccccc2CN3c2ccccc2)cc1. The fourth-order valence-electron chi connectivity index (χ4n) is 5.03. The molecular weight excluding hydrogens is 452 g/mol. The fraction of sp³-hybridized carbons (Fsp3) is 0.0882. The van der Waals surface area contributed by atoms with Gasteiger partial charge in [-0.2, -0.15) is 0 Å². The Morgan fingerprint density at radius 3 is 1.81 bits per heavy atom. The summed E-state index contributed by atoms with van der Waals surface area (Å²) in [5.41, 5.74) is 9.95. The van der Waals surface area contributed by atoms with Crippen molar-refractivity contribution in [2.24, 2.45) is 0 Å². The van der Waals surface area contributed by atoms with Gasteiger partial charge in [0.05, 0.1) is 5.69 Å². The smallest absolute Gasteiger partial charge is 0.195 e. The highest BCUT2D eigenvalue weighted by atomic mass is 16.1. The van der Waals surface area contributed by atoms with Gasteiger partial charge >= 0.3 is 0 Å². The molecule has 0 fully saturated rings. The summed E-state index contributed by atoms with van der Waals surface area (Å²) in [7, 11) is 0. The molecule has 3 heteroatoms. The van der Waals surface area contributed by atoms with Crippen LogP contribution in [0.25, 0.3) is 0 Å². The summed E-state index contributed by atoms with van der Waals surface area (Å²) in [6.07, 6.45) is 0. The van der Waals surface area contributed by atoms with E-state index in [1.807, 2.05) is 36.4 Å². The highest BCUT2D eigenvalue weighted by Gasteiger charge is 2.27. The number of anilines is 5. The average molecular weight is 481 g/mol. The first-order chi connectivity index (χ1) is 18.1. The van der Waals surface area contributed by atoms with Crippen molar-refractivity contribution in [3.63, 3.8) is 0 Å². The Balaban J connectivity index is 1.55. The fourth-order valence-corrected chi connectivity index (χ4v) is 5.03. The highest BCUT2D eigenvalue weighted by molar-refractivity contribution is 6.15. The lowest BCUT2D eigenvalue weighted by atomic mass is 9.98. The third-order valence-corrected chi connectivity index (χ3v) is 7.02. The van der Waals surface area contributed by atoms with Crippen molar-refractivity contribution in [3.8, 4) is 0 Å². The van der Waals surface area contributed by atoms with Crippen molar-refractivity contribution in [1.82, 2.24) is 0 Å². The van der Waals surface area contributed by atoms with Gasteiger partial charge in [-0.25, -0.2) is 0 Å². The second-order valence-electron chi connectivity index (χ2n) is 9.62. The van der Waals surface area contributed by atoms with E-state index in [-0.39, 0.29) is 5.78 Å². The summed E-state index contributed by atoms with van der Waals surface area (Å²) in [5.74, 6) is 0.0543. The molecule has 0 aliphatic carbocycles. The van der Waals surface area contributed by atoms with Gasteiger partial charge in [0.15, 0.2) is 5.78 Å². The third-order valence-electron chi connectivity index (χ3n) is 7.02. The molecule has 0 bridgehead atoms. The molecule has 0 saturated carbocycles. The molecule has 180 valence electrons. The predicted molar refractivity (Wildman–Crippen MR) is 153 cm³/mol. The van der Waals surface area contributed by atoms with Gasteiger partial charge in [0.1, 0.15) is 0 Å². The van der Waals surface area contributed by atoms with E-state index >= 15 is 0 Å². The molecule has 5 aromatic rings. The lowest BCUT2D eigenvalue weighted by molar-refractivity contribution is 0.103. The Morgan fingerprint density at radius 2 is 1.16 bits per heavy atom. The maximum atomic E-state index is 14.0. The second-order valence-corrected chi connectivity index (χ2v) is 9.62. The largest absolute Gasteiger partial charge is 0.336 e. The number of hydrogen-bond donors (Lipinski definition) is 0. The molecule has 1 heterocycles. The van der Waals surface area contributed by atoms with Crippen LogP contribution in [0.15, 0.2) is 121 Å². The maximum Gasteiger partial charge on any atom is 0.195 e. The summed E-state index contributed by atoms with van der Waals surface area (Å²) in [6.45, 7) is 4.82. The number of benzene rings is 5. The summed E-state index contributed by atoms with van der Waals surface area (Å²) < 4.78 is 0. The van der Waals surface area contributed by atoms with Crippen LogP contribution >= 0.6 is 0 Å². The predicted octanol–water partition coefficient (Wildman–Crippen LogP) is 8.66. The minimum absolute atomic E-state index is 0.0543. The number of rotatable bonds is 4. The topological polar surface area (TPSA) is 23.6 Å². The molecule has 6 rings (SSSR count). The Labute approximate surface area is 218 Å². The van der Waals surface area contributed by atoms with Crippen molar-refractivity contribution < 1.29 is 4.79 Å². The minimum atomic E-state index is 0.0543. The van der Waals surface area contributed by atoms with Gasteiger partial charge < -0.3 is 9.80 Å². The van der Waals surface area contributed by atoms with Crippen LogP contribution in [0.2, 0.25) is 0 Å². The van der Waals surface area contributed by atoms with Gasteiger partial charge in [0.25, 0.3) is 0 Å². The molecule has 0 saturated heterocycles. The Kier molecular flexibility index (Phi) is 5.82. The lowest BCUT2D eigenvalue weighted by Crippen LogP contribution is -2.17. The Morgan fingerprint density at radius 1 is 0.595 bits per heavy atom. The molecule has 0 radical (unpaired) electrons. The summed E-state index contributed by atoms with van der Waals surface area (Å²) in [4.78, 5) is 18.5. The van der Waals surface area contributed by atoms with Crippen molar-refractivity contribution in [2.45, 2.75) is 20.4 Å². The van der Waals surface area contributed by atoms with Gasteiger partial charge in [-0.3, -0.25) is 4.79 Å². The van der Waals surface area contributed by atoms with E-state index in [0.717, 1.165) is 39.6 Å². The van der Waals surface area contributed by atoms with Gasteiger partial charge in [0, 0.05) is 40.4 Å². The molecule has 0 aromatic heterocycles. The number of carbonyl (C=O) groups excluding carboxylic acids is 1. The first kappa shape index (κ1) is 22.8. The van der Waals surface area contributed by atoms with Crippen LogP contribution in [-0.4, -0.2) is 5.78 Å². The van der Waals surface area contributed by atoms with Crippen molar-refractivity contribution in [1.29, 1.82) is 0 Å². The average Bonchev–Trinajstić information content (AvgIpc) is 3.06. The normalized spacial score (nSPS) is 12.5. The lowest BCUT2D eigenvalue weighted by Gasteiger charge is -2.29. The number of ketones is 1. The van der Waals surface area contributed by atoms with E-state index in [2.05, 4.69) is 109 Å².